The first-order valence-corrected chi connectivity index (χ1v) is 7.77. The van der Waals surface area contributed by atoms with E-state index in [0.29, 0.717) is 50.0 Å². The Morgan fingerprint density at radius 2 is 2.23 bits per heavy atom. The Bertz CT molecular complexity index is 667. The third-order valence-corrected chi connectivity index (χ3v) is 4.08. The first-order valence-electron chi connectivity index (χ1n) is 7.40. The number of aromatic amines is 1. The van der Waals surface area contributed by atoms with E-state index >= 15 is 0 Å². The van der Waals surface area contributed by atoms with E-state index in [9.17, 15) is 4.79 Å². The van der Waals surface area contributed by atoms with E-state index in [4.69, 9.17) is 22.1 Å². The number of imidazole rings is 1. The van der Waals surface area contributed by atoms with Crippen LogP contribution in [0.25, 0.3) is 11.0 Å². The van der Waals surface area contributed by atoms with Gasteiger partial charge in [-0.1, -0.05) is 11.6 Å². The summed E-state index contributed by atoms with van der Waals surface area (Å²) in [6.45, 7) is 2.55. The zero-order valence-electron chi connectivity index (χ0n) is 12.2. The Balaban J connectivity index is 1.60. The van der Waals surface area contributed by atoms with Gasteiger partial charge >= 0.3 is 0 Å². The summed E-state index contributed by atoms with van der Waals surface area (Å²) in [6.07, 6.45) is 0.975. The molecule has 0 saturated carbocycles. The number of nitrogens with zero attached hydrogens (tertiary/aromatic N) is 2. The van der Waals surface area contributed by atoms with Gasteiger partial charge in [0.2, 0.25) is 5.91 Å². The minimum absolute atomic E-state index is 0.123. The maximum Gasteiger partial charge on any atom is 0.222 e. The normalized spacial score (nSPS) is 16.9. The second-order valence-corrected chi connectivity index (χ2v) is 5.86. The van der Waals surface area contributed by atoms with Crippen molar-refractivity contribution in [2.24, 2.45) is 5.73 Å². The molecule has 22 heavy (non-hydrogen) atoms. The number of H-pyrrole nitrogens is 1. The third kappa shape index (κ3) is 3.40. The molecule has 1 aromatic heterocycles. The molecule has 1 aliphatic heterocycles. The number of rotatable bonds is 4. The summed E-state index contributed by atoms with van der Waals surface area (Å²) in [5.41, 5.74) is 7.84. The van der Waals surface area contributed by atoms with Crippen molar-refractivity contribution < 1.29 is 9.53 Å². The Hall–Kier alpha value is -1.63. The maximum atomic E-state index is 12.1. The zero-order chi connectivity index (χ0) is 15.5. The highest BCUT2D eigenvalue weighted by atomic mass is 35.5. The number of fused-ring (bicyclic) bond motifs is 1. The molecule has 7 heteroatoms. The van der Waals surface area contributed by atoms with Crippen molar-refractivity contribution in [1.29, 1.82) is 0 Å². The van der Waals surface area contributed by atoms with Gasteiger partial charge in [-0.15, -0.1) is 0 Å². The Kier molecular flexibility index (Phi) is 4.61. The highest BCUT2D eigenvalue weighted by Crippen LogP contribution is 2.21. The van der Waals surface area contributed by atoms with Crippen LogP contribution in [-0.2, 0) is 9.53 Å². The summed E-state index contributed by atoms with van der Waals surface area (Å²) < 4.78 is 5.24. The average Bonchev–Trinajstić information content (AvgIpc) is 2.96. The topological polar surface area (TPSA) is 84.2 Å². The highest BCUT2D eigenvalue weighted by Gasteiger charge is 2.19. The van der Waals surface area contributed by atoms with Crippen LogP contribution in [0.4, 0.5) is 0 Å². The molecule has 0 bridgehead atoms. The first kappa shape index (κ1) is 15.3. The third-order valence-electron chi connectivity index (χ3n) is 3.85. The Labute approximate surface area is 133 Å². The van der Waals surface area contributed by atoms with Crippen LogP contribution in [0.3, 0.4) is 0 Å². The van der Waals surface area contributed by atoms with Crippen LogP contribution in [0.15, 0.2) is 18.2 Å². The van der Waals surface area contributed by atoms with Crippen LogP contribution >= 0.6 is 11.6 Å². The summed E-state index contributed by atoms with van der Waals surface area (Å²) in [5, 5.41) is 0.652. The molecule has 1 aliphatic rings. The number of amides is 1. The maximum absolute atomic E-state index is 12.1. The van der Waals surface area contributed by atoms with E-state index in [0.717, 1.165) is 11.0 Å². The molecule has 0 radical (unpaired) electrons. The standard InChI is InChI=1S/C15H19ClN4O2/c16-10-1-3-12-13(9-10)19-15(18-12)11(17)2-4-14(21)20-5-7-22-8-6-20/h1,3,9,11H,2,4-8,17H2,(H,18,19). The van der Waals surface area contributed by atoms with Crippen LogP contribution in [0.1, 0.15) is 24.7 Å². The molecule has 1 amide bonds. The van der Waals surface area contributed by atoms with Crippen molar-refractivity contribution >= 4 is 28.5 Å². The van der Waals surface area contributed by atoms with Crippen molar-refractivity contribution in [3.05, 3.63) is 29.0 Å². The number of halogens is 1. The van der Waals surface area contributed by atoms with Crippen LogP contribution < -0.4 is 5.73 Å². The molecule has 1 atom stereocenters. The lowest BCUT2D eigenvalue weighted by Gasteiger charge is -2.27. The van der Waals surface area contributed by atoms with Gasteiger partial charge in [0, 0.05) is 24.5 Å². The second kappa shape index (κ2) is 6.64. The molecule has 118 valence electrons. The van der Waals surface area contributed by atoms with E-state index in [1.165, 1.54) is 0 Å². The van der Waals surface area contributed by atoms with Crippen molar-refractivity contribution in [2.45, 2.75) is 18.9 Å². The minimum Gasteiger partial charge on any atom is -0.378 e. The lowest BCUT2D eigenvalue weighted by molar-refractivity contribution is -0.135. The van der Waals surface area contributed by atoms with Crippen molar-refractivity contribution in [2.75, 3.05) is 26.3 Å². The molecule has 1 fully saturated rings. The molecular formula is C15H19ClN4O2. The van der Waals surface area contributed by atoms with Gasteiger partial charge in [0.05, 0.1) is 30.3 Å². The van der Waals surface area contributed by atoms with E-state index in [1.807, 2.05) is 17.0 Å². The van der Waals surface area contributed by atoms with Gasteiger partial charge < -0.3 is 20.4 Å². The summed E-state index contributed by atoms with van der Waals surface area (Å²) in [7, 11) is 0. The fourth-order valence-corrected chi connectivity index (χ4v) is 2.74. The van der Waals surface area contributed by atoms with Gasteiger partial charge in [0.15, 0.2) is 0 Å². The van der Waals surface area contributed by atoms with E-state index < -0.39 is 0 Å². The number of carbonyl (C=O) groups is 1. The minimum atomic E-state index is -0.295. The molecule has 1 unspecified atom stereocenters. The molecule has 2 aromatic rings. The predicted molar refractivity (Wildman–Crippen MR) is 84.7 cm³/mol. The summed E-state index contributed by atoms with van der Waals surface area (Å²) >= 11 is 5.96. The lowest BCUT2D eigenvalue weighted by Crippen LogP contribution is -2.40. The van der Waals surface area contributed by atoms with Gasteiger partial charge in [-0.25, -0.2) is 4.98 Å². The number of hydrogen-bond acceptors (Lipinski definition) is 4. The lowest BCUT2D eigenvalue weighted by atomic mass is 10.1. The van der Waals surface area contributed by atoms with Gasteiger partial charge in [0.25, 0.3) is 0 Å². The van der Waals surface area contributed by atoms with Gasteiger partial charge in [0.1, 0.15) is 5.82 Å². The number of benzene rings is 1. The predicted octanol–water partition coefficient (Wildman–Crippen LogP) is 1.86. The molecular weight excluding hydrogens is 304 g/mol. The highest BCUT2D eigenvalue weighted by molar-refractivity contribution is 6.31. The Morgan fingerprint density at radius 1 is 1.45 bits per heavy atom. The molecule has 1 aromatic carbocycles. The quantitative estimate of drug-likeness (QED) is 0.899. The second-order valence-electron chi connectivity index (χ2n) is 5.42. The largest absolute Gasteiger partial charge is 0.378 e. The van der Waals surface area contributed by atoms with Crippen LogP contribution in [-0.4, -0.2) is 47.1 Å². The molecule has 1 saturated heterocycles. The monoisotopic (exact) mass is 322 g/mol. The summed E-state index contributed by atoms with van der Waals surface area (Å²) in [4.78, 5) is 21.6. The molecule has 6 nitrogen and oxygen atoms in total. The average molecular weight is 323 g/mol. The van der Waals surface area contributed by atoms with Crippen molar-refractivity contribution in [3.8, 4) is 0 Å². The SMILES string of the molecule is NC(CCC(=O)N1CCOCC1)c1nc2ccc(Cl)cc2[nH]1. The van der Waals surface area contributed by atoms with E-state index in [-0.39, 0.29) is 11.9 Å². The molecule has 0 aliphatic carbocycles. The number of aromatic nitrogens is 2. The Morgan fingerprint density at radius 3 is 3.00 bits per heavy atom. The van der Waals surface area contributed by atoms with Crippen LogP contribution in [0.5, 0.6) is 0 Å². The molecule has 3 N–H and O–H groups in total. The number of ether oxygens (including phenoxy) is 1. The summed E-state index contributed by atoms with van der Waals surface area (Å²) in [6, 6.07) is 5.17. The van der Waals surface area contributed by atoms with Crippen molar-refractivity contribution in [3.63, 3.8) is 0 Å². The molecule has 2 heterocycles. The smallest absolute Gasteiger partial charge is 0.222 e. The first-order chi connectivity index (χ1) is 10.6. The number of carbonyl (C=O) groups excluding carboxylic acids is 1. The van der Waals surface area contributed by atoms with Gasteiger partial charge in [-0.3, -0.25) is 4.79 Å². The van der Waals surface area contributed by atoms with E-state index in [1.54, 1.807) is 6.07 Å². The van der Waals surface area contributed by atoms with Crippen LogP contribution in [0, 0.1) is 0 Å². The number of morpholine rings is 1. The molecule has 0 spiro atoms. The number of nitrogens with one attached hydrogen (secondary N) is 1. The van der Waals surface area contributed by atoms with Crippen molar-refractivity contribution in [1.82, 2.24) is 14.9 Å². The summed E-state index contributed by atoms with van der Waals surface area (Å²) in [5.74, 6) is 0.810. The fourth-order valence-electron chi connectivity index (χ4n) is 2.56. The number of nitrogens with two attached hydrogens (primary N) is 1. The number of hydrogen-bond donors (Lipinski definition) is 2. The van der Waals surface area contributed by atoms with Gasteiger partial charge in [-0.2, -0.15) is 0 Å². The molecule has 3 rings (SSSR count). The fraction of sp³-hybridized carbons (Fsp3) is 0.467. The zero-order valence-corrected chi connectivity index (χ0v) is 13.0. The van der Waals surface area contributed by atoms with Crippen LogP contribution in [0.2, 0.25) is 5.02 Å². The van der Waals surface area contributed by atoms with Gasteiger partial charge in [-0.05, 0) is 24.6 Å². The van der Waals surface area contributed by atoms with E-state index in [2.05, 4.69) is 9.97 Å².